The molecule has 4 N–H and O–H groups in total. The maximum absolute atomic E-state index is 6.58. The Morgan fingerprint density at radius 2 is 1.31 bits per heavy atom. The first-order valence-electron chi connectivity index (χ1n) is 10.8. The fourth-order valence-electron chi connectivity index (χ4n) is 3.42. The molecule has 0 aromatic rings. The minimum absolute atomic E-state index is 0.000525. The predicted molar refractivity (Wildman–Crippen MR) is 110 cm³/mol. The first kappa shape index (κ1) is 25.8. The molecule has 0 saturated carbocycles. The molecular weight excluding hydrogens is 328 g/mol. The molecule has 0 aromatic heterocycles. The van der Waals surface area contributed by atoms with E-state index in [2.05, 4.69) is 41.5 Å². The summed E-state index contributed by atoms with van der Waals surface area (Å²) in [5, 5.41) is 0. The third-order valence-corrected chi connectivity index (χ3v) is 5.35. The van der Waals surface area contributed by atoms with Crippen molar-refractivity contribution in [2.75, 3.05) is 0 Å². The minimum atomic E-state index is -0.358. The third kappa shape index (κ3) is 8.22. The quantitative estimate of drug-likeness (QED) is 0.382. The van der Waals surface area contributed by atoms with Gasteiger partial charge >= 0.3 is 0 Å². The predicted octanol–water partition coefficient (Wildman–Crippen LogP) is 4.71. The number of hydrogen-bond donors (Lipinski definition) is 2. The molecule has 26 heavy (non-hydrogen) atoms. The zero-order chi connectivity index (χ0) is 20.2. The first-order chi connectivity index (χ1) is 12.3. The van der Waals surface area contributed by atoms with Crippen LogP contribution in [-0.4, -0.2) is 36.4 Å². The van der Waals surface area contributed by atoms with Gasteiger partial charge in [-0.15, -0.1) is 0 Å². The Morgan fingerprint density at radius 3 is 1.73 bits per heavy atom. The Morgan fingerprint density at radius 1 is 0.769 bits per heavy atom. The fraction of sp³-hybridized carbons (Fsp3) is 1.00. The van der Waals surface area contributed by atoms with E-state index >= 15 is 0 Å². The minimum Gasteiger partial charge on any atom is -0.370 e. The zero-order valence-corrected chi connectivity index (χ0v) is 18.4. The molecule has 0 bridgehead atoms. The maximum atomic E-state index is 6.58. The molecule has 0 aliphatic carbocycles. The van der Waals surface area contributed by atoms with E-state index < -0.39 is 0 Å². The summed E-state index contributed by atoms with van der Waals surface area (Å²) < 4.78 is 19.0. The molecule has 0 aromatic carbocycles. The Labute approximate surface area is 162 Å². The average molecular weight is 375 g/mol. The highest BCUT2D eigenvalue weighted by molar-refractivity contribution is 4.89. The lowest BCUT2D eigenvalue weighted by molar-refractivity contribution is -0.209. The van der Waals surface area contributed by atoms with E-state index in [1.807, 2.05) is 6.92 Å². The van der Waals surface area contributed by atoms with Crippen molar-refractivity contribution >= 4 is 0 Å². The highest BCUT2D eigenvalue weighted by atomic mass is 16.6. The van der Waals surface area contributed by atoms with Gasteiger partial charge in [0.2, 0.25) is 0 Å². The van der Waals surface area contributed by atoms with Gasteiger partial charge in [-0.3, -0.25) is 0 Å². The zero-order valence-electron chi connectivity index (χ0n) is 18.4. The second kappa shape index (κ2) is 13.9. The Hall–Kier alpha value is -0.200. The molecule has 0 amide bonds. The Bertz CT molecular complexity index is 337. The lowest BCUT2D eigenvalue weighted by Gasteiger charge is -2.43. The summed E-state index contributed by atoms with van der Waals surface area (Å²) >= 11 is 0. The monoisotopic (exact) mass is 374 g/mol. The van der Waals surface area contributed by atoms with Crippen LogP contribution >= 0.6 is 0 Å². The second-order valence-corrected chi connectivity index (χ2v) is 7.36. The molecule has 5 atom stereocenters. The van der Waals surface area contributed by atoms with Crippen molar-refractivity contribution in [2.45, 2.75) is 136 Å². The van der Waals surface area contributed by atoms with Crippen LogP contribution in [0.4, 0.5) is 0 Å². The van der Waals surface area contributed by atoms with Crippen molar-refractivity contribution in [3.63, 3.8) is 0 Å². The summed E-state index contributed by atoms with van der Waals surface area (Å²) in [7, 11) is 0. The van der Waals surface area contributed by atoms with Gasteiger partial charge in [0.05, 0.1) is 23.9 Å². The van der Waals surface area contributed by atoms with E-state index in [4.69, 9.17) is 25.7 Å². The number of rotatable bonds is 16. The van der Waals surface area contributed by atoms with Crippen LogP contribution in [0.25, 0.3) is 0 Å². The Balaban J connectivity index is 5.34. The molecule has 0 saturated heterocycles. The highest BCUT2D eigenvalue weighted by Crippen LogP contribution is 2.33. The lowest BCUT2D eigenvalue weighted by Crippen LogP contribution is -2.52. The van der Waals surface area contributed by atoms with Crippen LogP contribution in [0.5, 0.6) is 0 Å². The average Bonchev–Trinajstić information content (AvgIpc) is 2.65. The normalized spacial score (nSPS) is 18.3. The van der Waals surface area contributed by atoms with E-state index in [-0.39, 0.29) is 36.4 Å². The fourth-order valence-corrected chi connectivity index (χ4v) is 3.42. The van der Waals surface area contributed by atoms with E-state index in [1.165, 1.54) is 0 Å². The lowest BCUT2D eigenvalue weighted by atomic mass is 9.87. The van der Waals surface area contributed by atoms with Crippen LogP contribution in [0.15, 0.2) is 0 Å². The topological polar surface area (TPSA) is 79.7 Å². The standard InChI is InChI=1S/C21H46N2O3/c1-8-14-17(25-19(22)10-3)16(7)24-18(15-9-2)21(12-5,13-6)26-20(23)11-4/h16-20H,8-15,22-23H2,1-7H3. The molecule has 0 spiro atoms. The van der Waals surface area contributed by atoms with Crippen LogP contribution in [-0.2, 0) is 14.2 Å². The van der Waals surface area contributed by atoms with Crippen LogP contribution in [0.2, 0.25) is 0 Å². The summed E-state index contributed by atoms with van der Waals surface area (Å²) in [5.74, 6) is 0. The van der Waals surface area contributed by atoms with Crippen molar-refractivity contribution in [3.05, 3.63) is 0 Å². The van der Waals surface area contributed by atoms with Gasteiger partial charge in [-0.25, -0.2) is 0 Å². The number of hydrogen-bond acceptors (Lipinski definition) is 5. The molecule has 0 aliphatic rings. The van der Waals surface area contributed by atoms with Gasteiger partial charge in [0.25, 0.3) is 0 Å². The smallest absolute Gasteiger partial charge is 0.106 e. The van der Waals surface area contributed by atoms with Gasteiger partial charge < -0.3 is 25.7 Å². The van der Waals surface area contributed by atoms with E-state index in [0.717, 1.165) is 51.4 Å². The molecule has 0 fully saturated rings. The van der Waals surface area contributed by atoms with Crippen molar-refractivity contribution in [3.8, 4) is 0 Å². The molecule has 0 heterocycles. The van der Waals surface area contributed by atoms with Crippen molar-refractivity contribution < 1.29 is 14.2 Å². The summed E-state index contributed by atoms with van der Waals surface area (Å²) in [4.78, 5) is 0. The summed E-state index contributed by atoms with van der Waals surface area (Å²) in [6.07, 6.45) is 6.77. The molecule has 0 aliphatic heterocycles. The van der Waals surface area contributed by atoms with Crippen LogP contribution in [0.1, 0.15) is 99.8 Å². The van der Waals surface area contributed by atoms with Gasteiger partial charge in [0, 0.05) is 0 Å². The number of ether oxygens (including phenoxy) is 3. The molecular formula is C21H46N2O3. The van der Waals surface area contributed by atoms with Gasteiger partial charge in [0.15, 0.2) is 0 Å². The summed E-state index contributed by atoms with van der Waals surface area (Å²) in [5.41, 5.74) is 11.8. The third-order valence-electron chi connectivity index (χ3n) is 5.35. The van der Waals surface area contributed by atoms with Gasteiger partial charge in [-0.05, 0) is 45.4 Å². The Kier molecular flexibility index (Phi) is 13.8. The van der Waals surface area contributed by atoms with Crippen LogP contribution < -0.4 is 11.5 Å². The van der Waals surface area contributed by atoms with E-state index in [9.17, 15) is 0 Å². The summed E-state index contributed by atoms with van der Waals surface area (Å²) in [6, 6.07) is 0. The highest BCUT2D eigenvalue weighted by Gasteiger charge is 2.40. The molecule has 5 heteroatoms. The van der Waals surface area contributed by atoms with Crippen molar-refractivity contribution in [1.29, 1.82) is 0 Å². The van der Waals surface area contributed by atoms with Crippen molar-refractivity contribution in [1.82, 2.24) is 0 Å². The second-order valence-electron chi connectivity index (χ2n) is 7.36. The first-order valence-corrected chi connectivity index (χ1v) is 10.8. The van der Waals surface area contributed by atoms with Crippen molar-refractivity contribution in [2.24, 2.45) is 11.5 Å². The molecule has 5 nitrogen and oxygen atoms in total. The largest absolute Gasteiger partial charge is 0.370 e. The van der Waals surface area contributed by atoms with Gasteiger partial charge in [0.1, 0.15) is 12.5 Å². The van der Waals surface area contributed by atoms with E-state index in [0.29, 0.717) is 0 Å². The van der Waals surface area contributed by atoms with E-state index in [1.54, 1.807) is 0 Å². The molecule has 0 rings (SSSR count). The van der Waals surface area contributed by atoms with Crippen LogP contribution in [0.3, 0.4) is 0 Å². The molecule has 0 radical (unpaired) electrons. The number of nitrogens with two attached hydrogens (primary N) is 2. The SMILES string of the molecule is CCCC(OC(N)CC)C(C)OC(CCC)C(CC)(CC)OC(N)CC. The summed E-state index contributed by atoms with van der Waals surface area (Å²) in [6.45, 7) is 14.9. The van der Waals surface area contributed by atoms with Gasteiger partial charge in [-0.1, -0.05) is 54.4 Å². The maximum Gasteiger partial charge on any atom is 0.106 e. The van der Waals surface area contributed by atoms with Gasteiger partial charge in [-0.2, -0.15) is 0 Å². The molecule has 5 unspecified atom stereocenters. The van der Waals surface area contributed by atoms with Crippen LogP contribution in [0, 0.1) is 0 Å². The molecule has 158 valence electrons.